The molecule has 1 aromatic rings. The van der Waals surface area contributed by atoms with Crippen molar-refractivity contribution in [2.75, 3.05) is 25.4 Å². The van der Waals surface area contributed by atoms with Gasteiger partial charge in [0.15, 0.2) is 0 Å². The molecule has 1 aliphatic rings. The zero-order valence-electron chi connectivity index (χ0n) is 10.9. The van der Waals surface area contributed by atoms with E-state index in [0.717, 1.165) is 19.4 Å². The number of nitrogens with two attached hydrogens (primary N) is 1. The standard InChI is InChI=1S/C13H18ClN3O2/c1-2-19-10-3-5-17(6-4-10)13(18)9-7-11(14)16-12(15)8-9/h7-8,10H,2-6H2,1H3,(H2,15,16). The lowest BCUT2D eigenvalue weighted by molar-refractivity contribution is 0.0146. The third-order valence-electron chi connectivity index (χ3n) is 3.19. The summed E-state index contributed by atoms with van der Waals surface area (Å²) in [6, 6.07) is 3.11. The molecule has 0 spiro atoms. The summed E-state index contributed by atoms with van der Waals surface area (Å²) in [5, 5.41) is 0.243. The third-order valence-corrected chi connectivity index (χ3v) is 3.39. The van der Waals surface area contributed by atoms with E-state index in [4.69, 9.17) is 22.1 Å². The summed E-state index contributed by atoms with van der Waals surface area (Å²) in [5.41, 5.74) is 6.10. The molecule has 6 heteroatoms. The molecule has 0 atom stereocenters. The van der Waals surface area contributed by atoms with Gasteiger partial charge in [-0.05, 0) is 31.9 Å². The van der Waals surface area contributed by atoms with Gasteiger partial charge in [-0.1, -0.05) is 11.6 Å². The highest BCUT2D eigenvalue weighted by Gasteiger charge is 2.24. The number of ether oxygens (including phenoxy) is 1. The SMILES string of the molecule is CCOC1CCN(C(=O)c2cc(N)nc(Cl)c2)CC1. The largest absolute Gasteiger partial charge is 0.384 e. The van der Waals surface area contributed by atoms with Crippen LogP contribution >= 0.6 is 11.6 Å². The Bertz CT molecular complexity index is 439. The van der Waals surface area contributed by atoms with E-state index in [1.165, 1.54) is 0 Å². The van der Waals surface area contributed by atoms with Gasteiger partial charge in [-0.3, -0.25) is 4.79 Å². The summed E-state index contributed by atoms with van der Waals surface area (Å²) < 4.78 is 5.57. The molecule has 0 aromatic carbocycles. The van der Waals surface area contributed by atoms with Crippen LogP contribution in [0, 0.1) is 0 Å². The number of nitrogens with zero attached hydrogens (tertiary/aromatic N) is 2. The van der Waals surface area contributed by atoms with Crippen molar-refractivity contribution in [3.8, 4) is 0 Å². The van der Waals surface area contributed by atoms with Crippen molar-refractivity contribution >= 4 is 23.3 Å². The van der Waals surface area contributed by atoms with E-state index in [-0.39, 0.29) is 23.0 Å². The number of nitrogen functional groups attached to an aromatic ring is 1. The first kappa shape index (κ1) is 14.1. The van der Waals surface area contributed by atoms with Gasteiger partial charge < -0.3 is 15.4 Å². The third kappa shape index (κ3) is 3.58. The highest BCUT2D eigenvalue weighted by atomic mass is 35.5. The van der Waals surface area contributed by atoms with Crippen LogP contribution in [-0.4, -0.2) is 41.6 Å². The number of carbonyl (C=O) groups is 1. The van der Waals surface area contributed by atoms with Crippen LogP contribution < -0.4 is 5.73 Å². The van der Waals surface area contributed by atoms with Gasteiger partial charge in [-0.15, -0.1) is 0 Å². The number of anilines is 1. The molecule has 0 aliphatic carbocycles. The average molecular weight is 284 g/mol. The van der Waals surface area contributed by atoms with Gasteiger partial charge in [0.25, 0.3) is 5.91 Å². The Hall–Kier alpha value is -1.33. The Morgan fingerprint density at radius 1 is 1.53 bits per heavy atom. The second-order valence-corrected chi connectivity index (χ2v) is 4.94. The first-order valence-electron chi connectivity index (χ1n) is 6.44. The Labute approximate surface area is 117 Å². The topological polar surface area (TPSA) is 68.5 Å². The van der Waals surface area contributed by atoms with Crippen molar-refractivity contribution < 1.29 is 9.53 Å². The number of halogens is 1. The van der Waals surface area contributed by atoms with Gasteiger partial charge >= 0.3 is 0 Å². The molecule has 2 heterocycles. The number of likely N-dealkylation sites (tertiary alicyclic amines) is 1. The van der Waals surface area contributed by atoms with Crippen molar-refractivity contribution in [1.29, 1.82) is 0 Å². The molecular formula is C13H18ClN3O2. The zero-order valence-corrected chi connectivity index (χ0v) is 11.7. The molecule has 1 fully saturated rings. The van der Waals surface area contributed by atoms with Gasteiger partial charge in [-0.2, -0.15) is 0 Å². The molecule has 0 unspecified atom stereocenters. The van der Waals surface area contributed by atoms with E-state index in [1.54, 1.807) is 17.0 Å². The van der Waals surface area contributed by atoms with Crippen molar-refractivity contribution in [3.63, 3.8) is 0 Å². The molecule has 1 saturated heterocycles. The number of aromatic nitrogens is 1. The van der Waals surface area contributed by atoms with Crippen LogP contribution in [-0.2, 0) is 4.74 Å². The lowest BCUT2D eigenvalue weighted by Crippen LogP contribution is -2.40. The number of amides is 1. The van der Waals surface area contributed by atoms with Crippen LogP contribution in [0.15, 0.2) is 12.1 Å². The fraction of sp³-hybridized carbons (Fsp3) is 0.538. The minimum Gasteiger partial charge on any atom is -0.384 e. The van der Waals surface area contributed by atoms with E-state index >= 15 is 0 Å². The summed E-state index contributed by atoms with van der Waals surface area (Å²) in [5.74, 6) is 0.214. The molecule has 0 radical (unpaired) electrons. The molecule has 2 rings (SSSR count). The maximum Gasteiger partial charge on any atom is 0.254 e. The van der Waals surface area contributed by atoms with Crippen molar-refractivity contribution in [3.05, 3.63) is 22.8 Å². The number of hydrogen-bond donors (Lipinski definition) is 1. The van der Waals surface area contributed by atoms with Crippen molar-refractivity contribution in [1.82, 2.24) is 9.88 Å². The van der Waals surface area contributed by atoms with Crippen LogP contribution in [0.1, 0.15) is 30.1 Å². The smallest absolute Gasteiger partial charge is 0.254 e. The van der Waals surface area contributed by atoms with Crippen molar-refractivity contribution in [2.45, 2.75) is 25.9 Å². The van der Waals surface area contributed by atoms with E-state index in [0.29, 0.717) is 18.7 Å². The molecule has 5 nitrogen and oxygen atoms in total. The summed E-state index contributed by atoms with van der Waals surface area (Å²) in [4.78, 5) is 18.0. The first-order valence-corrected chi connectivity index (χ1v) is 6.82. The second kappa shape index (κ2) is 6.21. The molecule has 104 valence electrons. The molecular weight excluding hydrogens is 266 g/mol. The zero-order chi connectivity index (χ0) is 13.8. The highest BCUT2D eigenvalue weighted by molar-refractivity contribution is 6.29. The molecule has 0 bridgehead atoms. The van der Waals surface area contributed by atoms with E-state index in [1.807, 2.05) is 6.92 Å². The summed E-state index contributed by atoms with van der Waals surface area (Å²) in [6.07, 6.45) is 2.00. The van der Waals surface area contributed by atoms with Crippen LogP contribution in [0.3, 0.4) is 0 Å². The fourth-order valence-electron chi connectivity index (χ4n) is 2.28. The fourth-order valence-corrected chi connectivity index (χ4v) is 2.50. The maximum absolute atomic E-state index is 12.3. The Balaban J connectivity index is 2.01. The van der Waals surface area contributed by atoms with E-state index in [2.05, 4.69) is 4.98 Å². The maximum atomic E-state index is 12.3. The molecule has 1 aromatic heterocycles. The normalized spacial score (nSPS) is 16.6. The van der Waals surface area contributed by atoms with Crippen molar-refractivity contribution in [2.24, 2.45) is 0 Å². The number of hydrogen-bond acceptors (Lipinski definition) is 4. The second-order valence-electron chi connectivity index (χ2n) is 4.55. The number of rotatable bonds is 3. The monoisotopic (exact) mass is 283 g/mol. The van der Waals surface area contributed by atoms with Crippen LogP contribution in [0.5, 0.6) is 0 Å². The van der Waals surface area contributed by atoms with E-state index < -0.39 is 0 Å². The molecule has 1 amide bonds. The van der Waals surface area contributed by atoms with Gasteiger partial charge in [-0.25, -0.2) is 4.98 Å². The summed E-state index contributed by atoms with van der Waals surface area (Å²) in [6.45, 7) is 4.10. The quantitative estimate of drug-likeness (QED) is 0.861. The number of carbonyl (C=O) groups excluding carboxylic acids is 1. The average Bonchev–Trinajstić information content (AvgIpc) is 2.38. The molecule has 1 aliphatic heterocycles. The molecule has 0 saturated carbocycles. The minimum absolute atomic E-state index is 0.0500. The van der Waals surface area contributed by atoms with Gasteiger partial charge in [0.1, 0.15) is 11.0 Å². The van der Waals surface area contributed by atoms with E-state index in [9.17, 15) is 4.79 Å². The van der Waals surface area contributed by atoms with Gasteiger partial charge in [0.2, 0.25) is 0 Å². The molecule has 19 heavy (non-hydrogen) atoms. The first-order chi connectivity index (χ1) is 9.10. The number of piperidine rings is 1. The predicted octanol–water partition coefficient (Wildman–Crippen LogP) is 1.96. The Morgan fingerprint density at radius 2 is 2.21 bits per heavy atom. The Kier molecular flexibility index (Phi) is 4.61. The summed E-state index contributed by atoms with van der Waals surface area (Å²) >= 11 is 5.82. The van der Waals surface area contributed by atoms with Crippen LogP contribution in [0.2, 0.25) is 5.15 Å². The predicted molar refractivity (Wildman–Crippen MR) is 74.2 cm³/mol. The van der Waals surface area contributed by atoms with Gasteiger partial charge in [0, 0.05) is 25.3 Å². The number of pyridine rings is 1. The van der Waals surface area contributed by atoms with Crippen LogP contribution in [0.25, 0.3) is 0 Å². The lowest BCUT2D eigenvalue weighted by atomic mass is 10.1. The van der Waals surface area contributed by atoms with Gasteiger partial charge in [0.05, 0.1) is 6.10 Å². The Morgan fingerprint density at radius 3 is 2.79 bits per heavy atom. The minimum atomic E-state index is -0.0500. The molecule has 2 N–H and O–H groups in total. The highest BCUT2D eigenvalue weighted by Crippen LogP contribution is 2.18. The van der Waals surface area contributed by atoms with Crippen LogP contribution in [0.4, 0.5) is 5.82 Å². The summed E-state index contributed by atoms with van der Waals surface area (Å²) in [7, 11) is 0. The lowest BCUT2D eigenvalue weighted by Gasteiger charge is -2.31.